The van der Waals surface area contributed by atoms with Gasteiger partial charge < -0.3 is 10.3 Å². The highest BCUT2D eigenvalue weighted by Crippen LogP contribution is 2.40. The smallest absolute Gasteiger partial charge is 0.175 e. The first kappa shape index (κ1) is 12.3. The monoisotopic (exact) mass is 256 g/mol. The minimum atomic E-state index is 0.481. The van der Waals surface area contributed by atoms with Crippen LogP contribution in [0, 0.1) is 6.92 Å². The minimum absolute atomic E-state index is 0.481. The Morgan fingerprint density at radius 2 is 2.00 bits per heavy atom. The van der Waals surface area contributed by atoms with Crippen LogP contribution in [0.5, 0.6) is 0 Å². The van der Waals surface area contributed by atoms with Crippen LogP contribution in [0.2, 0.25) is 0 Å². The fourth-order valence-electron chi connectivity index (χ4n) is 3.05. The second-order valence-corrected chi connectivity index (χ2v) is 5.51. The molecule has 0 amide bonds. The third kappa shape index (κ3) is 2.37. The summed E-state index contributed by atoms with van der Waals surface area (Å²) in [5.41, 5.74) is 9.39. The lowest BCUT2D eigenvalue weighted by Gasteiger charge is -2.20. The lowest BCUT2D eigenvalue weighted by molar-refractivity contribution is 0.323. The third-order valence-electron chi connectivity index (χ3n) is 4.03. The first-order valence-electron chi connectivity index (χ1n) is 7.08. The maximum Gasteiger partial charge on any atom is 0.175 e. The summed E-state index contributed by atoms with van der Waals surface area (Å²) in [6.45, 7) is 2.09. The molecule has 0 radical (unpaired) electrons. The fraction of sp³-hybridized carbons (Fsp3) is 0.438. The maximum atomic E-state index is 6.03. The lowest BCUT2D eigenvalue weighted by atomic mass is 9.85. The Balaban J connectivity index is 2.03. The van der Waals surface area contributed by atoms with Crippen molar-refractivity contribution in [3.05, 3.63) is 35.6 Å². The zero-order valence-corrected chi connectivity index (χ0v) is 11.4. The van der Waals surface area contributed by atoms with Crippen molar-refractivity contribution in [2.24, 2.45) is 0 Å². The van der Waals surface area contributed by atoms with Gasteiger partial charge in [0.05, 0.1) is 5.56 Å². The number of hydrogen-bond acceptors (Lipinski definition) is 3. The van der Waals surface area contributed by atoms with Gasteiger partial charge in [0.25, 0.3) is 0 Å². The molecule has 2 N–H and O–H groups in total. The highest BCUT2D eigenvalue weighted by Gasteiger charge is 2.25. The molecule has 0 spiro atoms. The van der Waals surface area contributed by atoms with Crippen LogP contribution in [0.3, 0.4) is 0 Å². The van der Waals surface area contributed by atoms with Crippen molar-refractivity contribution in [3.63, 3.8) is 0 Å². The molecule has 1 saturated carbocycles. The number of aromatic nitrogens is 1. The van der Waals surface area contributed by atoms with E-state index >= 15 is 0 Å². The lowest BCUT2D eigenvalue weighted by Crippen LogP contribution is -2.05. The molecule has 1 heterocycles. The number of nitrogens with zero attached hydrogens (tertiary/aromatic N) is 1. The molecule has 3 nitrogen and oxygen atoms in total. The molecule has 3 rings (SSSR count). The topological polar surface area (TPSA) is 52.0 Å². The standard InChI is InChI=1S/C16H20N2O/c1-11-6-5-9-13(10-11)14-15(19-18-16(14)17)12-7-3-2-4-8-12/h5-6,9-10,12H,2-4,7-8H2,1H3,(H2,17,18). The predicted molar refractivity (Wildman–Crippen MR) is 76.9 cm³/mol. The maximum absolute atomic E-state index is 6.03. The molecule has 1 aliphatic carbocycles. The van der Waals surface area contributed by atoms with Gasteiger partial charge in [-0.1, -0.05) is 54.2 Å². The number of benzene rings is 1. The van der Waals surface area contributed by atoms with E-state index in [0.717, 1.165) is 16.9 Å². The van der Waals surface area contributed by atoms with Crippen molar-refractivity contribution < 1.29 is 4.52 Å². The normalized spacial score (nSPS) is 16.7. The summed E-state index contributed by atoms with van der Waals surface area (Å²) in [6.07, 6.45) is 6.26. The molecule has 3 heteroatoms. The van der Waals surface area contributed by atoms with E-state index in [9.17, 15) is 0 Å². The minimum Gasteiger partial charge on any atom is -0.380 e. The van der Waals surface area contributed by atoms with Crippen molar-refractivity contribution in [2.75, 3.05) is 5.73 Å². The van der Waals surface area contributed by atoms with Crippen molar-refractivity contribution in [1.29, 1.82) is 0 Å². The van der Waals surface area contributed by atoms with Gasteiger partial charge in [-0.25, -0.2) is 0 Å². The molecule has 0 atom stereocenters. The Hall–Kier alpha value is -1.77. The van der Waals surface area contributed by atoms with E-state index in [1.165, 1.54) is 37.7 Å². The van der Waals surface area contributed by atoms with E-state index in [1.54, 1.807) is 0 Å². The van der Waals surface area contributed by atoms with Crippen molar-refractivity contribution in [1.82, 2.24) is 5.16 Å². The number of aryl methyl sites for hydroxylation is 1. The summed E-state index contributed by atoms with van der Waals surface area (Å²) in [5.74, 6) is 1.99. The largest absolute Gasteiger partial charge is 0.380 e. The van der Waals surface area contributed by atoms with E-state index in [2.05, 4.69) is 36.3 Å². The van der Waals surface area contributed by atoms with Crippen LogP contribution in [0.15, 0.2) is 28.8 Å². The summed E-state index contributed by atoms with van der Waals surface area (Å²) in [7, 11) is 0. The molecule has 2 aromatic rings. The van der Waals surface area contributed by atoms with E-state index in [4.69, 9.17) is 10.3 Å². The van der Waals surface area contributed by atoms with Gasteiger partial charge in [0, 0.05) is 5.92 Å². The summed E-state index contributed by atoms with van der Waals surface area (Å²) >= 11 is 0. The van der Waals surface area contributed by atoms with Gasteiger partial charge in [-0.05, 0) is 25.3 Å². The Morgan fingerprint density at radius 3 is 2.74 bits per heavy atom. The Morgan fingerprint density at radius 1 is 1.21 bits per heavy atom. The van der Waals surface area contributed by atoms with Crippen molar-refractivity contribution in [2.45, 2.75) is 44.9 Å². The number of nitrogens with two attached hydrogens (primary N) is 1. The van der Waals surface area contributed by atoms with Crippen LogP contribution in [0.4, 0.5) is 5.82 Å². The number of hydrogen-bond donors (Lipinski definition) is 1. The number of anilines is 1. The van der Waals surface area contributed by atoms with Crippen LogP contribution in [-0.2, 0) is 0 Å². The second-order valence-electron chi connectivity index (χ2n) is 5.51. The van der Waals surface area contributed by atoms with Gasteiger partial charge in [0.15, 0.2) is 5.82 Å². The van der Waals surface area contributed by atoms with Crippen LogP contribution >= 0.6 is 0 Å². The zero-order chi connectivity index (χ0) is 13.2. The first-order valence-corrected chi connectivity index (χ1v) is 7.08. The molecule has 1 aromatic carbocycles. The molecule has 0 bridgehead atoms. The van der Waals surface area contributed by atoms with Gasteiger partial charge in [-0.2, -0.15) is 0 Å². The van der Waals surface area contributed by atoms with Gasteiger partial charge >= 0.3 is 0 Å². The summed E-state index contributed by atoms with van der Waals surface area (Å²) in [4.78, 5) is 0. The summed E-state index contributed by atoms with van der Waals surface area (Å²) < 4.78 is 5.55. The Kier molecular flexibility index (Phi) is 3.28. The van der Waals surface area contributed by atoms with E-state index in [1.807, 2.05) is 0 Å². The van der Waals surface area contributed by atoms with Gasteiger partial charge in [0.2, 0.25) is 0 Å². The van der Waals surface area contributed by atoms with Crippen molar-refractivity contribution in [3.8, 4) is 11.1 Å². The molecule has 1 aliphatic rings. The highest BCUT2D eigenvalue weighted by atomic mass is 16.5. The Labute approximate surface area is 113 Å². The molecular formula is C16H20N2O. The van der Waals surface area contributed by atoms with E-state index < -0.39 is 0 Å². The van der Waals surface area contributed by atoms with Gasteiger partial charge in [-0.15, -0.1) is 0 Å². The Bertz CT molecular complexity index is 568. The van der Waals surface area contributed by atoms with E-state index in [0.29, 0.717) is 11.7 Å². The van der Waals surface area contributed by atoms with Crippen LogP contribution in [0.25, 0.3) is 11.1 Å². The van der Waals surface area contributed by atoms with E-state index in [-0.39, 0.29) is 0 Å². The summed E-state index contributed by atoms with van der Waals surface area (Å²) in [6, 6.07) is 8.38. The highest BCUT2D eigenvalue weighted by molar-refractivity contribution is 5.76. The number of rotatable bonds is 2. The molecule has 0 aliphatic heterocycles. The van der Waals surface area contributed by atoms with Gasteiger partial charge in [-0.3, -0.25) is 0 Å². The molecule has 0 saturated heterocycles. The van der Waals surface area contributed by atoms with Crippen molar-refractivity contribution >= 4 is 5.82 Å². The van der Waals surface area contributed by atoms with Gasteiger partial charge in [0.1, 0.15) is 5.76 Å². The average Bonchev–Trinajstić information content (AvgIpc) is 2.82. The summed E-state index contributed by atoms with van der Waals surface area (Å²) in [5, 5.41) is 4.00. The quantitative estimate of drug-likeness (QED) is 0.872. The van der Waals surface area contributed by atoms with Crippen LogP contribution in [0.1, 0.15) is 49.3 Å². The van der Waals surface area contributed by atoms with Crippen LogP contribution in [-0.4, -0.2) is 5.16 Å². The zero-order valence-electron chi connectivity index (χ0n) is 11.4. The molecule has 1 aromatic heterocycles. The average molecular weight is 256 g/mol. The molecule has 1 fully saturated rings. The second kappa shape index (κ2) is 5.08. The first-order chi connectivity index (χ1) is 9.25. The molecule has 100 valence electrons. The fourth-order valence-corrected chi connectivity index (χ4v) is 3.05. The molecular weight excluding hydrogens is 236 g/mol. The number of nitrogen functional groups attached to an aromatic ring is 1. The SMILES string of the molecule is Cc1cccc(-c2c(N)noc2C2CCCCC2)c1. The predicted octanol–water partition coefficient (Wildman–Crippen LogP) is 4.28. The third-order valence-corrected chi connectivity index (χ3v) is 4.03. The molecule has 0 unspecified atom stereocenters. The van der Waals surface area contributed by atoms with Crippen LogP contribution < -0.4 is 5.73 Å². The molecule has 19 heavy (non-hydrogen) atoms.